The molecule has 10 aromatic heterocycles. The van der Waals surface area contributed by atoms with E-state index in [1.165, 1.54) is 135 Å². The fraction of sp³-hybridized carbons (Fsp3) is 0.176. The first-order valence-electron chi connectivity index (χ1n) is 29.6. The molecular weight excluding hydrogens is 1050 g/mol. The molecule has 0 spiro atoms. The van der Waals surface area contributed by atoms with Gasteiger partial charge in [0.2, 0.25) is 31.3 Å². The van der Waals surface area contributed by atoms with Crippen molar-refractivity contribution in [2.24, 2.45) is 0 Å². The molecular formula is C68H57N17+10. The minimum absolute atomic E-state index is 0.825. The number of nitrogens with zero attached hydrogens (tertiary/aromatic N) is 17. The van der Waals surface area contributed by atoms with Crippen molar-refractivity contribution < 1.29 is 45.8 Å². The maximum atomic E-state index is 4.80. The van der Waals surface area contributed by atoms with Crippen molar-refractivity contribution in [3.8, 4) is 68.6 Å². The summed E-state index contributed by atoms with van der Waals surface area (Å²) < 4.78 is 34.5. The highest BCUT2D eigenvalue weighted by Gasteiger charge is 2.50. The number of aromatic nitrogens is 17. The topological polar surface area (TPSA) is 88.7 Å². The second kappa shape index (κ2) is 16.5. The highest BCUT2D eigenvalue weighted by atomic mass is 15.5. The van der Waals surface area contributed by atoms with Gasteiger partial charge in [-0.15, -0.1) is 22.8 Å². The van der Waals surface area contributed by atoms with Crippen LogP contribution in [-0.4, -0.2) is 33.2 Å². The predicted octanol–water partition coefficient (Wildman–Crippen LogP) is 3.93. The summed E-state index contributed by atoms with van der Waals surface area (Å²) in [6.45, 7) is 13.9. The van der Waals surface area contributed by atoms with Crippen molar-refractivity contribution >= 4 is 27.3 Å². The molecule has 4 aromatic carbocycles. The van der Waals surface area contributed by atoms with Gasteiger partial charge in [-0.2, -0.15) is 37.8 Å². The fourth-order valence-electron chi connectivity index (χ4n) is 15.8. The second-order valence-corrected chi connectivity index (χ2v) is 24.1. The van der Waals surface area contributed by atoms with Crippen molar-refractivity contribution in [1.82, 2.24) is 33.2 Å². The third kappa shape index (κ3) is 6.20. The van der Waals surface area contributed by atoms with Crippen LogP contribution in [-0.2, 0) is 65.9 Å². The molecule has 0 fully saturated rings. The van der Waals surface area contributed by atoms with Crippen LogP contribution in [0.15, 0.2) is 189 Å². The van der Waals surface area contributed by atoms with Crippen LogP contribution < -0.4 is 45.8 Å². The molecule has 10 aliphatic heterocycles. The number of rotatable bonds is 2. The largest absolute Gasteiger partial charge is 0.472 e. The lowest BCUT2D eigenvalue weighted by Gasteiger charge is -2.05. The lowest BCUT2D eigenvalue weighted by atomic mass is 9.98. The third-order valence-corrected chi connectivity index (χ3v) is 19.3. The van der Waals surface area contributed by atoms with E-state index in [4.69, 9.17) is 5.10 Å². The first-order chi connectivity index (χ1) is 41.9. The Hall–Kier alpha value is -10.7. The Morgan fingerprint density at radius 3 is 1.91 bits per heavy atom. The molecule has 24 rings (SSSR count). The Morgan fingerprint density at radius 1 is 0.471 bits per heavy atom. The van der Waals surface area contributed by atoms with Gasteiger partial charge in [-0.3, -0.25) is 0 Å². The van der Waals surface area contributed by atoms with Crippen molar-refractivity contribution in [3.05, 3.63) is 234 Å². The van der Waals surface area contributed by atoms with E-state index in [0.29, 0.717) is 0 Å². The van der Waals surface area contributed by atoms with E-state index in [-0.39, 0.29) is 0 Å². The first kappa shape index (κ1) is 45.9. The second-order valence-electron chi connectivity index (χ2n) is 24.1. The lowest BCUT2D eigenvalue weighted by Crippen LogP contribution is -2.45. The Bertz CT molecular complexity index is 5160. The Balaban J connectivity index is 0.0000000764. The molecule has 10 aliphatic rings. The van der Waals surface area contributed by atoms with Gasteiger partial charge in [-0.25, -0.2) is 9.13 Å². The molecule has 0 unspecified atom stereocenters. The quantitative estimate of drug-likeness (QED) is 0.194. The average molecular weight is 1110 g/mol. The van der Waals surface area contributed by atoms with Gasteiger partial charge in [-0.05, 0) is 42.3 Å². The summed E-state index contributed by atoms with van der Waals surface area (Å²) in [7, 11) is 0. The molecule has 0 saturated heterocycles. The van der Waals surface area contributed by atoms with Gasteiger partial charge in [0.1, 0.15) is 42.9 Å². The van der Waals surface area contributed by atoms with Gasteiger partial charge < -0.3 is 0 Å². The molecule has 0 aliphatic carbocycles. The van der Waals surface area contributed by atoms with Crippen molar-refractivity contribution in [1.29, 1.82) is 0 Å². The number of fused-ring (bicyclic) bond motifs is 1. The zero-order valence-corrected chi connectivity index (χ0v) is 47.1. The molecule has 0 amide bonds. The van der Waals surface area contributed by atoms with Crippen molar-refractivity contribution in [2.75, 3.05) is 0 Å². The van der Waals surface area contributed by atoms with Gasteiger partial charge in [0.15, 0.2) is 62.5 Å². The molecule has 85 heavy (non-hydrogen) atoms. The van der Waals surface area contributed by atoms with Crippen molar-refractivity contribution in [2.45, 2.75) is 79.8 Å². The highest BCUT2D eigenvalue weighted by molar-refractivity contribution is 6.14. The van der Waals surface area contributed by atoms with Gasteiger partial charge in [0.25, 0.3) is 13.3 Å². The fourth-order valence-corrected chi connectivity index (χ4v) is 15.8. The van der Waals surface area contributed by atoms with E-state index < -0.39 is 0 Å². The molecule has 0 saturated carbocycles. The van der Waals surface area contributed by atoms with E-state index in [1.54, 1.807) is 0 Å². The molecule has 17 heteroatoms. The lowest BCUT2D eigenvalue weighted by molar-refractivity contribution is -0.877. The molecule has 0 atom stereocenters. The van der Waals surface area contributed by atoms with E-state index in [2.05, 4.69) is 271 Å². The van der Waals surface area contributed by atoms with E-state index in [1.807, 2.05) is 6.07 Å². The Kier molecular flexibility index (Phi) is 8.92. The molecule has 0 N–H and O–H groups in total. The Morgan fingerprint density at radius 2 is 1.13 bits per heavy atom. The summed E-state index contributed by atoms with van der Waals surface area (Å²) in [5.41, 5.74) is 24.2. The summed E-state index contributed by atoms with van der Waals surface area (Å²) in [5.74, 6) is 5.32. The molecule has 17 nitrogen and oxygen atoms in total. The van der Waals surface area contributed by atoms with Crippen LogP contribution in [0.2, 0.25) is 0 Å². The molecule has 14 aromatic rings. The molecule has 404 valence electrons. The Labute approximate surface area is 486 Å². The average Bonchev–Trinajstić information content (AvgIpc) is 3.09. The molecule has 20 heterocycles. The van der Waals surface area contributed by atoms with Crippen LogP contribution in [0.4, 0.5) is 0 Å². The summed E-state index contributed by atoms with van der Waals surface area (Å²) in [5, 5.41) is 13.6. The van der Waals surface area contributed by atoms with Gasteiger partial charge >= 0.3 is 46.7 Å². The zero-order chi connectivity index (χ0) is 55.5. The normalized spacial score (nSPS) is 14.5. The minimum atomic E-state index is 0.825. The van der Waals surface area contributed by atoms with Crippen LogP contribution in [0.25, 0.3) is 95.9 Å². The molecule has 0 radical (unpaired) electrons. The van der Waals surface area contributed by atoms with Crippen molar-refractivity contribution in [3.63, 3.8) is 0 Å². The van der Waals surface area contributed by atoms with Crippen LogP contribution in [0.5, 0.6) is 0 Å². The van der Waals surface area contributed by atoms with Crippen LogP contribution in [0.1, 0.15) is 44.6 Å². The van der Waals surface area contributed by atoms with Gasteiger partial charge in [0.05, 0.1) is 45.5 Å². The summed E-state index contributed by atoms with van der Waals surface area (Å²) >= 11 is 0. The third-order valence-electron chi connectivity index (χ3n) is 19.3. The number of imidazole rings is 2. The van der Waals surface area contributed by atoms with Gasteiger partial charge in [-0.1, -0.05) is 89.4 Å². The maximum absolute atomic E-state index is 4.80. The minimum Gasteiger partial charge on any atom is -0.220 e. The summed E-state index contributed by atoms with van der Waals surface area (Å²) in [4.78, 5) is 0. The predicted molar refractivity (Wildman–Crippen MR) is 306 cm³/mol. The number of aryl methyl sites for hydroxylation is 2. The molecule has 0 bridgehead atoms. The summed E-state index contributed by atoms with van der Waals surface area (Å²) in [6, 6.07) is 45.4. The first-order valence-corrected chi connectivity index (χ1v) is 29.6. The number of hydrogen-bond acceptors (Lipinski definition) is 2. The number of benzene rings is 4. The van der Waals surface area contributed by atoms with E-state index in [9.17, 15) is 0 Å². The van der Waals surface area contributed by atoms with Crippen LogP contribution in [0.3, 0.4) is 0 Å². The standard InChI is InChI=1S/C17H13N3.C16H13N3.C15H12N4.C10H10N4.C10H9N3/c1-10-5-6-12-8-19-9-18-7-11-3-2-4-13-14(10)16(12)20(19)17(18)15(11)13;1-2-5-12(6-3-1)14-10-18-11-17-8-4-7-13-9-19(14)16(18)15(13)17;1-2-5-11(6-3-1)13-12-9-17-7-4-8-18-10-19(16-13)14(12)15(17)18;1-7-8-5-12-3-2-4-13-6-14(11-7)9(8)10(12)13;1-2-8-6-11-4-5-13-7-12(3-1)9(8)10(11)13/h2-6,9H,7-8H2,1H3;1-8,10H,9,11H2;1-8H,9-10H2;2-4H,5-6H2,1H3;1-5H,6-7H2/q5*+2. The number of pyridine rings is 3. The monoisotopic (exact) mass is 1110 g/mol. The SMILES string of the molecule is Cc1ccc2c3c1c1cccc4c1c1n3[n+](c[n+]1C4)C2.Cc1nn2c3c1C[n+]1ccc[n+](c1-3)C2.c1cc2c3[n+](c1)C[n+]1ccn(c1-3)C2.c1ccc(-c2c[n+]3c4n2Cc2ccc[n+](c2-4)C3)cc1.c1ccc(-c2nn3c4c2C[n+]2ccc[n+](c2-4)C3)cc1. The highest BCUT2D eigenvalue weighted by Crippen LogP contribution is 2.39. The number of hydrogen-bond donors (Lipinski definition) is 0. The van der Waals surface area contributed by atoms with Crippen LogP contribution in [0, 0.1) is 13.8 Å². The maximum Gasteiger partial charge on any atom is 0.472 e. The van der Waals surface area contributed by atoms with Crippen LogP contribution >= 0.6 is 0 Å². The van der Waals surface area contributed by atoms with E-state index in [0.717, 1.165) is 71.6 Å². The zero-order valence-electron chi connectivity index (χ0n) is 47.1. The summed E-state index contributed by atoms with van der Waals surface area (Å²) in [6.07, 6.45) is 21.7. The smallest absolute Gasteiger partial charge is 0.220 e. The van der Waals surface area contributed by atoms with Gasteiger partial charge in [0, 0.05) is 45.2 Å². The van der Waals surface area contributed by atoms with E-state index >= 15 is 0 Å².